The molecule has 1 unspecified atom stereocenters. The van der Waals surface area contributed by atoms with E-state index in [0.29, 0.717) is 6.54 Å². The molecule has 25 heavy (non-hydrogen) atoms. The Morgan fingerprint density at radius 3 is 2.72 bits per heavy atom. The summed E-state index contributed by atoms with van der Waals surface area (Å²) in [6.45, 7) is 14.1. The second-order valence-electron chi connectivity index (χ2n) is 7.65. The molecule has 2 N–H and O–H groups in total. The number of guanidine groups is 1. The van der Waals surface area contributed by atoms with Crippen molar-refractivity contribution >= 4 is 41.3 Å². The van der Waals surface area contributed by atoms with Crippen molar-refractivity contribution in [2.24, 2.45) is 4.99 Å². The lowest BCUT2D eigenvalue weighted by Gasteiger charge is -2.21. The third-order valence-electron chi connectivity index (χ3n) is 4.17. The lowest BCUT2D eigenvalue weighted by molar-refractivity contribution is 0.0283. The minimum Gasteiger partial charge on any atom is -0.373 e. The van der Waals surface area contributed by atoms with E-state index in [4.69, 9.17) is 14.7 Å². The first-order chi connectivity index (χ1) is 11.3. The van der Waals surface area contributed by atoms with Crippen molar-refractivity contribution in [3.05, 3.63) is 16.1 Å². The van der Waals surface area contributed by atoms with E-state index in [0.717, 1.165) is 44.9 Å². The number of hydrogen-bond donors (Lipinski definition) is 2. The molecule has 2 rings (SSSR count). The summed E-state index contributed by atoms with van der Waals surface area (Å²) in [7, 11) is 0. The highest BCUT2D eigenvalue weighted by Crippen LogP contribution is 2.25. The van der Waals surface area contributed by atoms with Crippen LogP contribution in [0.15, 0.2) is 10.4 Å². The van der Waals surface area contributed by atoms with Gasteiger partial charge in [0.2, 0.25) is 0 Å². The normalized spacial score (nSPS) is 21.1. The molecule has 0 aromatic carbocycles. The zero-order chi connectivity index (χ0) is 17.6. The van der Waals surface area contributed by atoms with E-state index in [1.165, 1.54) is 10.7 Å². The molecule has 0 bridgehead atoms. The van der Waals surface area contributed by atoms with E-state index < -0.39 is 0 Å². The number of hydrogen-bond acceptors (Lipinski definition) is 4. The number of thiazole rings is 1. The molecule has 1 aromatic rings. The minimum absolute atomic E-state index is 0. The van der Waals surface area contributed by atoms with Gasteiger partial charge in [0.05, 0.1) is 22.8 Å². The van der Waals surface area contributed by atoms with Crippen LogP contribution in [0, 0.1) is 0 Å². The van der Waals surface area contributed by atoms with Gasteiger partial charge in [-0.3, -0.25) is 4.99 Å². The molecule has 1 aromatic heterocycles. The molecule has 2 heterocycles. The van der Waals surface area contributed by atoms with Crippen molar-refractivity contribution in [3.63, 3.8) is 0 Å². The van der Waals surface area contributed by atoms with Gasteiger partial charge in [-0.25, -0.2) is 4.98 Å². The molecule has 7 heteroatoms. The van der Waals surface area contributed by atoms with Gasteiger partial charge in [0.15, 0.2) is 5.96 Å². The molecule has 5 nitrogen and oxygen atoms in total. The van der Waals surface area contributed by atoms with Crippen LogP contribution >= 0.6 is 35.3 Å². The van der Waals surface area contributed by atoms with E-state index in [1.54, 1.807) is 11.3 Å². The SMILES string of the molecule is CCNC(=NCC1(C)CCCO1)NCCc1nc(C(C)(C)C)cs1.I. The zero-order valence-electron chi connectivity index (χ0n) is 16.1. The van der Waals surface area contributed by atoms with Gasteiger partial charge < -0.3 is 15.4 Å². The van der Waals surface area contributed by atoms with Gasteiger partial charge in [-0.15, -0.1) is 35.3 Å². The molecular weight excluding hydrogens is 447 g/mol. The summed E-state index contributed by atoms with van der Waals surface area (Å²) < 4.78 is 5.81. The van der Waals surface area contributed by atoms with Crippen molar-refractivity contribution in [2.75, 3.05) is 26.2 Å². The number of aromatic nitrogens is 1. The zero-order valence-corrected chi connectivity index (χ0v) is 19.3. The van der Waals surface area contributed by atoms with Crippen LogP contribution in [0.1, 0.15) is 58.2 Å². The number of nitrogens with one attached hydrogen (secondary N) is 2. The number of aliphatic imine (C=N–C) groups is 1. The minimum atomic E-state index is -0.0979. The summed E-state index contributed by atoms with van der Waals surface area (Å²) in [4.78, 5) is 9.44. The van der Waals surface area contributed by atoms with Gasteiger partial charge in [0.25, 0.3) is 0 Å². The molecule has 144 valence electrons. The first-order valence-electron chi connectivity index (χ1n) is 8.93. The quantitative estimate of drug-likeness (QED) is 0.370. The second-order valence-corrected chi connectivity index (χ2v) is 8.59. The smallest absolute Gasteiger partial charge is 0.191 e. The average Bonchev–Trinajstić information content (AvgIpc) is 3.14. The largest absolute Gasteiger partial charge is 0.373 e. The second kappa shape index (κ2) is 10.1. The predicted molar refractivity (Wildman–Crippen MR) is 118 cm³/mol. The van der Waals surface area contributed by atoms with Gasteiger partial charge in [0.1, 0.15) is 0 Å². The summed E-state index contributed by atoms with van der Waals surface area (Å²) in [5, 5.41) is 10.1. The highest BCUT2D eigenvalue weighted by Gasteiger charge is 2.29. The fraction of sp³-hybridized carbons (Fsp3) is 0.778. The summed E-state index contributed by atoms with van der Waals surface area (Å²) in [6, 6.07) is 0. The average molecular weight is 480 g/mol. The lowest BCUT2D eigenvalue weighted by atomic mass is 9.93. The molecular formula is C18H33IN4OS. The van der Waals surface area contributed by atoms with Crippen LogP contribution in [0.3, 0.4) is 0 Å². The van der Waals surface area contributed by atoms with Crippen LogP contribution in [0.2, 0.25) is 0 Å². The van der Waals surface area contributed by atoms with Crippen LogP contribution in [0.4, 0.5) is 0 Å². The summed E-state index contributed by atoms with van der Waals surface area (Å²) in [5.41, 5.74) is 1.20. The Morgan fingerprint density at radius 1 is 1.40 bits per heavy atom. The Labute approximate surface area is 173 Å². The maximum atomic E-state index is 5.81. The van der Waals surface area contributed by atoms with Crippen molar-refractivity contribution in [1.82, 2.24) is 15.6 Å². The Morgan fingerprint density at radius 2 is 2.16 bits per heavy atom. The van der Waals surface area contributed by atoms with E-state index in [-0.39, 0.29) is 35.0 Å². The van der Waals surface area contributed by atoms with Gasteiger partial charge in [-0.05, 0) is 26.7 Å². The maximum absolute atomic E-state index is 5.81. The lowest BCUT2D eigenvalue weighted by Crippen LogP contribution is -2.40. The van der Waals surface area contributed by atoms with Crippen molar-refractivity contribution < 1.29 is 4.74 Å². The first-order valence-corrected chi connectivity index (χ1v) is 9.81. The van der Waals surface area contributed by atoms with E-state index in [2.05, 4.69) is 50.6 Å². The van der Waals surface area contributed by atoms with Gasteiger partial charge in [-0.1, -0.05) is 20.8 Å². The molecule has 0 amide bonds. The molecule has 1 saturated heterocycles. The number of ether oxygens (including phenoxy) is 1. The molecule has 1 fully saturated rings. The van der Waals surface area contributed by atoms with Crippen molar-refractivity contribution in [1.29, 1.82) is 0 Å². The van der Waals surface area contributed by atoms with E-state index in [9.17, 15) is 0 Å². The Bertz CT molecular complexity index is 548. The monoisotopic (exact) mass is 480 g/mol. The molecule has 1 aliphatic rings. The number of halogens is 1. The number of nitrogens with zero attached hydrogens (tertiary/aromatic N) is 2. The van der Waals surface area contributed by atoms with Crippen LogP contribution in [-0.4, -0.2) is 42.8 Å². The highest BCUT2D eigenvalue weighted by atomic mass is 127. The van der Waals surface area contributed by atoms with Crippen LogP contribution in [0.5, 0.6) is 0 Å². The summed E-state index contributed by atoms with van der Waals surface area (Å²) in [5.74, 6) is 0.863. The van der Waals surface area contributed by atoms with Crippen LogP contribution < -0.4 is 10.6 Å². The third kappa shape index (κ3) is 7.38. The first kappa shape index (κ1) is 22.6. The Kier molecular flexibility index (Phi) is 9.11. The van der Waals surface area contributed by atoms with Crippen LogP contribution in [-0.2, 0) is 16.6 Å². The van der Waals surface area contributed by atoms with Gasteiger partial charge >= 0.3 is 0 Å². The molecule has 1 aliphatic heterocycles. The van der Waals surface area contributed by atoms with E-state index >= 15 is 0 Å². The molecule has 0 radical (unpaired) electrons. The topological polar surface area (TPSA) is 58.5 Å². The molecule has 0 spiro atoms. The van der Waals surface area contributed by atoms with Crippen molar-refractivity contribution in [2.45, 2.75) is 64.9 Å². The molecule has 1 atom stereocenters. The summed E-state index contributed by atoms with van der Waals surface area (Å²) >= 11 is 1.74. The summed E-state index contributed by atoms with van der Waals surface area (Å²) in [6.07, 6.45) is 3.14. The standard InChI is InChI=1S/C18H32N4OS.HI/c1-6-19-16(21-13-18(5)9-7-11-23-18)20-10-8-15-22-14(12-24-15)17(2,3)4;/h12H,6-11,13H2,1-5H3,(H2,19,20,21);1H. The fourth-order valence-corrected chi connectivity index (χ4v) is 3.63. The van der Waals surface area contributed by atoms with E-state index in [1.807, 2.05) is 0 Å². The molecule has 0 saturated carbocycles. The van der Waals surface area contributed by atoms with Crippen molar-refractivity contribution in [3.8, 4) is 0 Å². The highest BCUT2D eigenvalue weighted by molar-refractivity contribution is 14.0. The molecule has 0 aliphatic carbocycles. The Hall–Kier alpha value is -0.410. The third-order valence-corrected chi connectivity index (χ3v) is 5.08. The van der Waals surface area contributed by atoms with Gasteiger partial charge in [0, 0.05) is 36.9 Å². The maximum Gasteiger partial charge on any atom is 0.191 e. The fourth-order valence-electron chi connectivity index (χ4n) is 2.61. The number of rotatable bonds is 6. The predicted octanol–water partition coefficient (Wildman–Crippen LogP) is 3.73. The van der Waals surface area contributed by atoms with Crippen LogP contribution in [0.25, 0.3) is 0 Å². The van der Waals surface area contributed by atoms with Gasteiger partial charge in [-0.2, -0.15) is 0 Å². The Balaban J connectivity index is 0.00000312.